The summed E-state index contributed by atoms with van der Waals surface area (Å²) in [6.45, 7) is 6.33. The zero-order valence-electron chi connectivity index (χ0n) is 19.3. The van der Waals surface area contributed by atoms with Crippen molar-refractivity contribution in [2.24, 2.45) is 0 Å². The van der Waals surface area contributed by atoms with Gasteiger partial charge in [-0.25, -0.2) is 4.39 Å². The quantitative estimate of drug-likeness (QED) is 0.226. The van der Waals surface area contributed by atoms with Crippen LogP contribution in [0.1, 0.15) is 36.5 Å². The van der Waals surface area contributed by atoms with Gasteiger partial charge in [0.1, 0.15) is 18.2 Å². The first-order valence-corrected chi connectivity index (χ1v) is 11.8. The van der Waals surface area contributed by atoms with Crippen molar-refractivity contribution in [3.8, 4) is 16.9 Å². The lowest BCUT2D eigenvalue weighted by Gasteiger charge is -2.10. The number of hydrogen-bond donors (Lipinski definition) is 0. The summed E-state index contributed by atoms with van der Waals surface area (Å²) in [6, 6.07) is 26.5. The Labute approximate surface area is 196 Å². The van der Waals surface area contributed by atoms with Crippen molar-refractivity contribution < 1.29 is 9.13 Å². The van der Waals surface area contributed by atoms with Gasteiger partial charge in [-0.2, -0.15) is 0 Å². The summed E-state index contributed by atoms with van der Waals surface area (Å²) in [5, 5.41) is 1.60. The van der Waals surface area contributed by atoms with Crippen molar-refractivity contribution in [3.63, 3.8) is 0 Å². The predicted molar refractivity (Wildman–Crippen MR) is 137 cm³/mol. The molecule has 4 rings (SSSR count). The zero-order chi connectivity index (χ0) is 23.0. The second-order valence-electron chi connectivity index (χ2n) is 8.53. The first-order chi connectivity index (χ1) is 16.2. The third kappa shape index (κ3) is 5.70. The smallest absolute Gasteiger partial charge is 0.138 e. The Bertz CT molecular complexity index is 1210. The molecule has 0 heterocycles. The molecule has 4 aromatic rings. The molecular weight excluding hydrogens is 407 g/mol. The van der Waals surface area contributed by atoms with Gasteiger partial charge in [-0.05, 0) is 65.5 Å². The van der Waals surface area contributed by atoms with E-state index in [1.807, 2.05) is 42.5 Å². The molecule has 0 aliphatic heterocycles. The van der Waals surface area contributed by atoms with E-state index in [1.54, 1.807) is 6.08 Å². The lowest BCUT2D eigenvalue weighted by atomic mass is 9.97. The standard InChI is InChI=1S/C31H31FO/c1-3-5-6-23-7-9-24(10-8-23)11-12-25-13-19-30-27(22-25)16-20-29(31(30)32)26-14-17-28(18-15-26)33-21-4-2/h4,7-10,13-20,22H,2-3,5-6,11-12,21H2,1H3. The molecule has 0 N–H and O–H groups in total. The van der Waals surface area contributed by atoms with Crippen molar-refractivity contribution in [1.82, 2.24) is 0 Å². The highest BCUT2D eigenvalue weighted by atomic mass is 19.1. The number of benzene rings is 4. The minimum Gasteiger partial charge on any atom is -0.490 e. The Balaban J connectivity index is 1.46. The number of unbranched alkanes of at least 4 members (excludes halogenated alkanes) is 1. The zero-order valence-corrected chi connectivity index (χ0v) is 19.3. The molecule has 33 heavy (non-hydrogen) atoms. The predicted octanol–water partition coefficient (Wildman–Crippen LogP) is 8.34. The van der Waals surface area contributed by atoms with E-state index in [-0.39, 0.29) is 5.82 Å². The highest BCUT2D eigenvalue weighted by molar-refractivity contribution is 5.88. The van der Waals surface area contributed by atoms with E-state index >= 15 is 4.39 Å². The van der Waals surface area contributed by atoms with Crippen LogP contribution in [-0.4, -0.2) is 6.61 Å². The van der Waals surface area contributed by atoms with E-state index in [0.717, 1.165) is 36.0 Å². The maximum Gasteiger partial charge on any atom is 0.138 e. The number of halogens is 1. The van der Waals surface area contributed by atoms with E-state index in [4.69, 9.17) is 4.74 Å². The molecule has 1 nitrogen and oxygen atoms in total. The van der Waals surface area contributed by atoms with Gasteiger partial charge in [0, 0.05) is 10.9 Å². The highest BCUT2D eigenvalue weighted by Gasteiger charge is 2.10. The third-order valence-electron chi connectivity index (χ3n) is 6.10. The van der Waals surface area contributed by atoms with Crippen LogP contribution in [0.25, 0.3) is 21.9 Å². The molecule has 0 aliphatic carbocycles. The third-order valence-corrected chi connectivity index (χ3v) is 6.10. The van der Waals surface area contributed by atoms with Crippen LogP contribution < -0.4 is 4.74 Å². The van der Waals surface area contributed by atoms with E-state index in [1.165, 1.54) is 29.5 Å². The van der Waals surface area contributed by atoms with Gasteiger partial charge < -0.3 is 4.74 Å². The minimum absolute atomic E-state index is 0.179. The molecule has 0 spiro atoms. The summed E-state index contributed by atoms with van der Waals surface area (Å²) in [4.78, 5) is 0. The van der Waals surface area contributed by atoms with Gasteiger partial charge in [0.15, 0.2) is 0 Å². The Kier molecular flexibility index (Phi) is 7.57. The van der Waals surface area contributed by atoms with Crippen LogP contribution >= 0.6 is 0 Å². The minimum atomic E-state index is -0.179. The lowest BCUT2D eigenvalue weighted by molar-refractivity contribution is 0.363. The summed E-state index contributed by atoms with van der Waals surface area (Å²) in [5.41, 5.74) is 5.43. The average Bonchev–Trinajstić information content (AvgIpc) is 2.86. The lowest BCUT2D eigenvalue weighted by Crippen LogP contribution is -1.94. The number of rotatable bonds is 10. The molecule has 2 heteroatoms. The fourth-order valence-corrected chi connectivity index (χ4v) is 4.15. The summed E-state index contributed by atoms with van der Waals surface area (Å²) < 4.78 is 20.8. The molecule has 0 amide bonds. The van der Waals surface area contributed by atoms with Gasteiger partial charge in [-0.3, -0.25) is 0 Å². The van der Waals surface area contributed by atoms with Gasteiger partial charge in [0.2, 0.25) is 0 Å². The second kappa shape index (κ2) is 11.0. The molecule has 0 fully saturated rings. The number of fused-ring (bicyclic) bond motifs is 1. The van der Waals surface area contributed by atoms with Crippen molar-refractivity contribution in [2.45, 2.75) is 39.0 Å². The monoisotopic (exact) mass is 438 g/mol. The molecule has 0 radical (unpaired) electrons. The fraction of sp³-hybridized carbons (Fsp3) is 0.226. The topological polar surface area (TPSA) is 9.23 Å². The van der Waals surface area contributed by atoms with Gasteiger partial charge in [0.25, 0.3) is 0 Å². The maximum absolute atomic E-state index is 15.3. The normalized spacial score (nSPS) is 11.0. The summed E-state index contributed by atoms with van der Waals surface area (Å²) in [6.07, 6.45) is 7.26. The Morgan fingerprint density at radius 1 is 0.788 bits per heavy atom. The number of aryl methyl sites for hydroxylation is 3. The second-order valence-corrected chi connectivity index (χ2v) is 8.53. The van der Waals surface area contributed by atoms with E-state index in [9.17, 15) is 0 Å². The highest BCUT2D eigenvalue weighted by Crippen LogP contribution is 2.31. The van der Waals surface area contributed by atoms with Crippen molar-refractivity contribution in [1.29, 1.82) is 0 Å². The van der Waals surface area contributed by atoms with Gasteiger partial charge in [-0.1, -0.05) is 92.7 Å². The van der Waals surface area contributed by atoms with Crippen molar-refractivity contribution in [2.75, 3.05) is 6.61 Å². The SMILES string of the molecule is C=CCOc1ccc(-c2ccc3cc(CCc4ccc(CCCC)cc4)ccc3c2F)cc1. The van der Waals surface area contributed by atoms with Crippen LogP contribution in [0.4, 0.5) is 4.39 Å². The first-order valence-electron chi connectivity index (χ1n) is 11.8. The van der Waals surface area contributed by atoms with Crippen molar-refractivity contribution in [3.05, 3.63) is 114 Å². The van der Waals surface area contributed by atoms with Crippen LogP contribution in [0.2, 0.25) is 0 Å². The average molecular weight is 439 g/mol. The van der Waals surface area contributed by atoms with Gasteiger partial charge in [0.05, 0.1) is 0 Å². The van der Waals surface area contributed by atoms with Crippen molar-refractivity contribution >= 4 is 10.8 Å². The van der Waals surface area contributed by atoms with Gasteiger partial charge >= 0.3 is 0 Å². The van der Waals surface area contributed by atoms with Crippen LogP contribution in [-0.2, 0) is 19.3 Å². The Morgan fingerprint density at radius 2 is 1.45 bits per heavy atom. The van der Waals surface area contributed by atoms with E-state index in [2.05, 4.69) is 49.9 Å². The molecule has 0 aromatic heterocycles. The maximum atomic E-state index is 15.3. The van der Waals surface area contributed by atoms with Crippen LogP contribution in [0, 0.1) is 5.82 Å². The summed E-state index contributed by atoms with van der Waals surface area (Å²) in [7, 11) is 0. The molecule has 0 bridgehead atoms. The van der Waals surface area contributed by atoms with Crippen LogP contribution in [0.15, 0.2) is 91.5 Å². The summed E-state index contributed by atoms with van der Waals surface area (Å²) in [5.74, 6) is 0.571. The van der Waals surface area contributed by atoms with E-state index in [0.29, 0.717) is 17.6 Å². The first kappa shape index (κ1) is 22.8. The van der Waals surface area contributed by atoms with Gasteiger partial charge in [-0.15, -0.1) is 0 Å². The molecule has 0 saturated heterocycles. The molecular formula is C31H31FO. The molecule has 0 saturated carbocycles. The Hall–Kier alpha value is -3.39. The number of hydrogen-bond acceptors (Lipinski definition) is 1. The Morgan fingerprint density at radius 3 is 2.15 bits per heavy atom. The molecule has 0 atom stereocenters. The van der Waals surface area contributed by atoms with Crippen LogP contribution in [0.5, 0.6) is 5.75 Å². The molecule has 168 valence electrons. The molecule has 0 aliphatic rings. The summed E-state index contributed by atoms with van der Waals surface area (Å²) >= 11 is 0. The van der Waals surface area contributed by atoms with Crippen LogP contribution in [0.3, 0.4) is 0 Å². The van der Waals surface area contributed by atoms with E-state index < -0.39 is 0 Å². The number of ether oxygens (including phenoxy) is 1. The fourth-order valence-electron chi connectivity index (χ4n) is 4.15. The molecule has 0 unspecified atom stereocenters. The largest absolute Gasteiger partial charge is 0.490 e. The molecule has 4 aromatic carbocycles.